The van der Waals surface area contributed by atoms with Crippen LogP contribution in [0.5, 0.6) is 0 Å². The Morgan fingerprint density at radius 1 is 1.42 bits per heavy atom. The molecule has 2 rings (SSSR count). The first-order valence-corrected chi connectivity index (χ1v) is 6.00. The summed E-state index contributed by atoms with van der Waals surface area (Å²) in [6, 6.07) is 4.49. The van der Waals surface area contributed by atoms with Gasteiger partial charge in [0.2, 0.25) is 0 Å². The van der Waals surface area contributed by atoms with Crippen molar-refractivity contribution in [3.05, 3.63) is 33.3 Å². The number of anilines is 1. The molecule has 1 aromatic heterocycles. The summed E-state index contributed by atoms with van der Waals surface area (Å²) in [5.74, 6) is -3.06. The van der Waals surface area contributed by atoms with Gasteiger partial charge in [-0.15, -0.1) is 0 Å². The highest BCUT2D eigenvalue weighted by molar-refractivity contribution is 7.23. The number of aliphatic carboxylic acids is 1. The molecule has 2 aromatic rings. The number of amides is 1. The second-order valence-electron chi connectivity index (χ2n) is 3.44. The third kappa shape index (κ3) is 2.49. The van der Waals surface area contributed by atoms with Crippen molar-refractivity contribution in [1.82, 2.24) is 0 Å². The van der Waals surface area contributed by atoms with Crippen molar-refractivity contribution in [2.24, 2.45) is 0 Å². The Balaban J connectivity index is 2.62. The molecule has 0 saturated heterocycles. The molecule has 0 atom stereocenters. The summed E-state index contributed by atoms with van der Waals surface area (Å²) in [7, 11) is 0. The lowest BCUT2D eigenvalue weighted by Crippen LogP contribution is -2.22. The van der Waals surface area contributed by atoms with Crippen molar-refractivity contribution in [2.45, 2.75) is 0 Å². The molecule has 1 aromatic carbocycles. The van der Waals surface area contributed by atoms with Gasteiger partial charge in [-0.3, -0.25) is 14.9 Å². The van der Waals surface area contributed by atoms with Crippen LogP contribution in [0.25, 0.3) is 10.1 Å². The number of hydrogen-bond donors (Lipinski definition) is 2. The first kappa shape index (κ1) is 13.2. The topological polar surface area (TPSA) is 110 Å². The number of carbonyl (C=O) groups excluding carboxylic acids is 1. The number of carboxylic acid groups (broad SMARTS) is 1. The van der Waals surface area contributed by atoms with Gasteiger partial charge in [-0.05, 0) is 18.2 Å². The Hall–Kier alpha value is -2.19. The van der Waals surface area contributed by atoms with Crippen molar-refractivity contribution >= 4 is 55.6 Å². The molecule has 7 nitrogen and oxygen atoms in total. The van der Waals surface area contributed by atoms with E-state index in [2.05, 4.69) is 0 Å². The van der Waals surface area contributed by atoms with Crippen LogP contribution in [0.1, 0.15) is 0 Å². The number of benzene rings is 1. The van der Waals surface area contributed by atoms with Gasteiger partial charge in [0.25, 0.3) is 0 Å². The number of fused-ring (bicyclic) bond motifs is 1. The molecule has 0 aliphatic rings. The Labute approximate surface area is 114 Å². The summed E-state index contributed by atoms with van der Waals surface area (Å²) in [6.07, 6.45) is 0. The van der Waals surface area contributed by atoms with Crippen molar-refractivity contribution in [2.75, 3.05) is 5.32 Å². The number of nitrogens with zero attached hydrogens (tertiary/aromatic N) is 1. The van der Waals surface area contributed by atoms with E-state index in [9.17, 15) is 19.7 Å². The summed E-state index contributed by atoms with van der Waals surface area (Å²) in [5.41, 5.74) is -0.130. The van der Waals surface area contributed by atoms with Crippen LogP contribution in [-0.2, 0) is 9.59 Å². The van der Waals surface area contributed by atoms with E-state index in [1.807, 2.05) is 5.32 Å². The molecule has 9 heteroatoms. The molecule has 0 fully saturated rings. The van der Waals surface area contributed by atoms with Crippen LogP contribution < -0.4 is 5.32 Å². The lowest BCUT2D eigenvalue weighted by atomic mass is 10.2. The zero-order valence-corrected chi connectivity index (χ0v) is 10.6. The highest BCUT2D eigenvalue weighted by Crippen LogP contribution is 2.42. The second-order valence-corrected chi connectivity index (χ2v) is 4.91. The zero-order valence-electron chi connectivity index (χ0n) is 9.05. The Bertz CT molecular complexity index is 711. The standard InChI is InChI=1S/C10H5ClN2O5S/c11-4-1-2-5-6(3-4)19-9(13(17)18)7(5)12-8(14)10(15)16/h1-3H,(H,12,14)(H,15,16). The number of thiophene rings is 1. The van der Waals surface area contributed by atoms with E-state index in [1.165, 1.54) is 18.2 Å². The van der Waals surface area contributed by atoms with Gasteiger partial charge < -0.3 is 10.4 Å². The van der Waals surface area contributed by atoms with Gasteiger partial charge in [0, 0.05) is 15.1 Å². The summed E-state index contributed by atoms with van der Waals surface area (Å²) < 4.78 is 0.486. The molecule has 0 aliphatic heterocycles. The predicted octanol–water partition coefficient (Wildman–Crippen LogP) is 2.49. The quantitative estimate of drug-likeness (QED) is 0.503. The maximum absolute atomic E-state index is 11.1. The number of carboxylic acids is 1. The van der Waals surface area contributed by atoms with Gasteiger partial charge in [0.05, 0.1) is 4.92 Å². The normalized spacial score (nSPS) is 10.4. The highest BCUT2D eigenvalue weighted by Gasteiger charge is 2.25. The molecular formula is C10H5ClN2O5S. The molecule has 0 bridgehead atoms. The molecule has 1 amide bonds. The minimum Gasteiger partial charge on any atom is -0.474 e. The minimum absolute atomic E-state index is 0.130. The van der Waals surface area contributed by atoms with Gasteiger partial charge in [0.1, 0.15) is 5.69 Å². The van der Waals surface area contributed by atoms with Crippen LogP contribution in [0, 0.1) is 10.1 Å². The maximum atomic E-state index is 11.1. The van der Waals surface area contributed by atoms with E-state index in [0.717, 1.165) is 11.3 Å². The van der Waals surface area contributed by atoms with E-state index in [-0.39, 0.29) is 10.7 Å². The fourth-order valence-corrected chi connectivity index (χ4v) is 2.72. The number of carbonyl (C=O) groups is 2. The average Bonchev–Trinajstić information content (AvgIpc) is 2.67. The fourth-order valence-electron chi connectivity index (χ4n) is 1.47. The van der Waals surface area contributed by atoms with Crippen molar-refractivity contribution in [3.63, 3.8) is 0 Å². The third-order valence-corrected chi connectivity index (χ3v) is 3.57. The monoisotopic (exact) mass is 300 g/mol. The first-order chi connectivity index (χ1) is 8.90. The number of rotatable bonds is 2. The van der Waals surface area contributed by atoms with Crippen LogP contribution in [0.3, 0.4) is 0 Å². The summed E-state index contributed by atoms with van der Waals surface area (Å²) >= 11 is 6.58. The fraction of sp³-hybridized carbons (Fsp3) is 0. The van der Waals surface area contributed by atoms with Gasteiger partial charge in [-0.1, -0.05) is 22.9 Å². The largest absolute Gasteiger partial charge is 0.474 e. The Morgan fingerprint density at radius 2 is 2.11 bits per heavy atom. The zero-order chi connectivity index (χ0) is 14.2. The van der Waals surface area contributed by atoms with Gasteiger partial charge in [-0.25, -0.2) is 4.79 Å². The average molecular weight is 301 g/mol. The predicted molar refractivity (Wildman–Crippen MR) is 69.8 cm³/mol. The minimum atomic E-state index is -1.72. The molecule has 0 aliphatic carbocycles. The lowest BCUT2D eigenvalue weighted by molar-refractivity contribution is -0.379. The number of nitro groups is 1. The van der Waals surface area contributed by atoms with E-state index >= 15 is 0 Å². The van der Waals surface area contributed by atoms with Crippen LogP contribution in [0.15, 0.2) is 18.2 Å². The number of nitrogens with one attached hydrogen (secondary N) is 1. The van der Waals surface area contributed by atoms with Crippen LogP contribution >= 0.6 is 22.9 Å². The van der Waals surface area contributed by atoms with E-state index in [0.29, 0.717) is 15.1 Å². The van der Waals surface area contributed by atoms with Crippen molar-refractivity contribution < 1.29 is 19.6 Å². The van der Waals surface area contributed by atoms with Crippen LogP contribution in [0.4, 0.5) is 10.7 Å². The van der Waals surface area contributed by atoms with Gasteiger partial charge in [0.15, 0.2) is 0 Å². The Kier molecular flexibility index (Phi) is 3.36. The van der Waals surface area contributed by atoms with E-state index < -0.39 is 16.8 Å². The summed E-state index contributed by atoms with van der Waals surface area (Å²) in [5, 5.41) is 21.9. The van der Waals surface area contributed by atoms with Crippen molar-refractivity contribution in [1.29, 1.82) is 0 Å². The molecule has 2 N–H and O–H groups in total. The molecule has 0 radical (unpaired) electrons. The molecule has 1 heterocycles. The summed E-state index contributed by atoms with van der Waals surface area (Å²) in [6.45, 7) is 0. The van der Waals surface area contributed by atoms with E-state index in [4.69, 9.17) is 16.7 Å². The third-order valence-electron chi connectivity index (χ3n) is 2.23. The number of halogens is 1. The molecule has 0 spiro atoms. The molecule has 0 saturated carbocycles. The highest BCUT2D eigenvalue weighted by atomic mass is 35.5. The van der Waals surface area contributed by atoms with Crippen molar-refractivity contribution in [3.8, 4) is 0 Å². The second kappa shape index (κ2) is 4.82. The van der Waals surface area contributed by atoms with E-state index in [1.54, 1.807) is 0 Å². The SMILES string of the molecule is O=C(O)C(=O)Nc1c([N+](=O)[O-])sc2cc(Cl)ccc12. The number of hydrogen-bond acceptors (Lipinski definition) is 5. The molecule has 19 heavy (non-hydrogen) atoms. The Morgan fingerprint density at radius 3 is 2.68 bits per heavy atom. The van der Waals surface area contributed by atoms with Crippen LogP contribution in [-0.4, -0.2) is 21.9 Å². The smallest absolute Gasteiger partial charge is 0.394 e. The maximum Gasteiger partial charge on any atom is 0.394 e. The van der Waals surface area contributed by atoms with Gasteiger partial charge >= 0.3 is 16.9 Å². The lowest BCUT2D eigenvalue weighted by Gasteiger charge is -1.99. The molecule has 98 valence electrons. The molecule has 0 unspecified atom stereocenters. The van der Waals surface area contributed by atoms with Crippen LogP contribution in [0.2, 0.25) is 5.02 Å². The first-order valence-electron chi connectivity index (χ1n) is 4.81. The summed E-state index contributed by atoms with van der Waals surface area (Å²) in [4.78, 5) is 31.9. The van der Waals surface area contributed by atoms with Gasteiger partial charge in [-0.2, -0.15) is 0 Å². The molecular weight excluding hydrogens is 296 g/mol.